The number of hydrogen-bond acceptors (Lipinski definition) is 7. The highest BCUT2D eigenvalue weighted by molar-refractivity contribution is 7.21. The van der Waals surface area contributed by atoms with E-state index in [-0.39, 0.29) is 0 Å². The zero-order valence-electron chi connectivity index (χ0n) is 17.2. The minimum absolute atomic E-state index is 0.338. The molecule has 0 saturated carbocycles. The molecular formula is C21H19B2N3O3S. The maximum Gasteiger partial charge on any atom is 0.126 e. The summed E-state index contributed by atoms with van der Waals surface area (Å²) in [5.41, 5.74) is 5.66. The molecular weight excluding hydrogens is 396 g/mol. The Hall–Kier alpha value is -2.48. The van der Waals surface area contributed by atoms with Gasteiger partial charge in [-0.25, -0.2) is 9.97 Å². The molecule has 30 heavy (non-hydrogen) atoms. The van der Waals surface area contributed by atoms with Crippen molar-refractivity contribution < 1.29 is 14.6 Å². The van der Waals surface area contributed by atoms with E-state index in [1.54, 1.807) is 27.3 Å². The zero-order valence-corrected chi connectivity index (χ0v) is 18.0. The molecule has 2 heterocycles. The van der Waals surface area contributed by atoms with Crippen LogP contribution in [0.5, 0.6) is 5.75 Å². The number of fused-ring (bicyclic) bond motifs is 2. The molecule has 0 aliphatic rings. The standard InChI is InChI=1S/C21H19B2N3O3S/c1-10-5-13(18-14(6-10)25-12(8-24-18)9-28-3)20-26-19-16(30-20)7-15(29-4)11(2)17(19)21(22,23)27/h5-8,27H,9H2,1-4H3. The number of methoxy groups -OCH3 is 2. The van der Waals surface area contributed by atoms with Crippen molar-refractivity contribution in [3.05, 3.63) is 46.8 Å². The summed E-state index contributed by atoms with van der Waals surface area (Å²) in [6.45, 7) is 4.18. The number of aryl methyl sites for hydroxylation is 1. The van der Waals surface area contributed by atoms with Gasteiger partial charge in [0.05, 0.1) is 46.9 Å². The Labute approximate surface area is 181 Å². The highest BCUT2D eigenvalue weighted by Gasteiger charge is 2.26. The maximum absolute atomic E-state index is 10.4. The number of hydrogen-bond donors (Lipinski definition) is 1. The molecule has 0 fully saturated rings. The van der Waals surface area contributed by atoms with E-state index in [2.05, 4.69) is 9.97 Å². The summed E-state index contributed by atoms with van der Waals surface area (Å²) in [6, 6.07) is 5.88. The van der Waals surface area contributed by atoms with Crippen LogP contribution in [0.3, 0.4) is 0 Å². The van der Waals surface area contributed by atoms with Crippen LogP contribution in [0, 0.1) is 13.8 Å². The summed E-state index contributed by atoms with van der Waals surface area (Å²) in [7, 11) is 14.9. The molecule has 148 valence electrons. The average molecular weight is 415 g/mol. The lowest BCUT2D eigenvalue weighted by atomic mass is 9.60. The lowest BCUT2D eigenvalue weighted by molar-refractivity contribution is 0.181. The van der Waals surface area contributed by atoms with Gasteiger partial charge in [0.25, 0.3) is 0 Å². The van der Waals surface area contributed by atoms with Gasteiger partial charge >= 0.3 is 0 Å². The first-order valence-electron chi connectivity index (χ1n) is 9.27. The van der Waals surface area contributed by atoms with E-state index in [0.29, 0.717) is 29.0 Å². The van der Waals surface area contributed by atoms with Crippen LogP contribution < -0.4 is 4.74 Å². The largest absolute Gasteiger partial charge is 0.496 e. The summed E-state index contributed by atoms with van der Waals surface area (Å²) in [4.78, 5) is 14.1. The number of aliphatic hydroxyl groups is 1. The second-order valence-corrected chi connectivity index (χ2v) is 8.28. The van der Waals surface area contributed by atoms with Crippen molar-refractivity contribution in [2.45, 2.75) is 25.9 Å². The lowest BCUT2D eigenvalue weighted by Gasteiger charge is -2.23. The predicted molar refractivity (Wildman–Crippen MR) is 120 cm³/mol. The van der Waals surface area contributed by atoms with Crippen molar-refractivity contribution in [3.8, 4) is 16.3 Å². The number of aromatic nitrogens is 3. The Morgan fingerprint density at radius 3 is 2.53 bits per heavy atom. The summed E-state index contributed by atoms with van der Waals surface area (Å²) in [5.74, 6) is 0.583. The molecule has 0 aliphatic carbocycles. The number of benzene rings is 2. The monoisotopic (exact) mass is 415 g/mol. The molecule has 0 saturated heterocycles. The van der Waals surface area contributed by atoms with Crippen LogP contribution in [0.2, 0.25) is 0 Å². The highest BCUT2D eigenvalue weighted by atomic mass is 32.1. The van der Waals surface area contributed by atoms with Gasteiger partial charge in [-0.1, -0.05) is 0 Å². The van der Waals surface area contributed by atoms with Gasteiger partial charge in [0.2, 0.25) is 0 Å². The number of thiazole rings is 1. The Morgan fingerprint density at radius 1 is 1.10 bits per heavy atom. The smallest absolute Gasteiger partial charge is 0.126 e. The van der Waals surface area contributed by atoms with E-state index in [1.807, 2.05) is 25.1 Å². The Morgan fingerprint density at radius 2 is 1.87 bits per heavy atom. The fraction of sp³-hybridized carbons (Fsp3) is 0.286. The SMILES string of the molecule is [B]C([B])(O)c1c(C)c(OC)cc2sc(-c3cc(C)cc4nc(COC)cnc34)nc12. The molecule has 0 unspecified atom stereocenters. The van der Waals surface area contributed by atoms with Gasteiger partial charge < -0.3 is 14.6 Å². The molecule has 9 heteroatoms. The summed E-state index contributed by atoms with van der Waals surface area (Å²) in [5, 5.41) is 9.07. The summed E-state index contributed by atoms with van der Waals surface area (Å²) < 4.78 is 11.4. The van der Waals surface area contributed by atoms with Gasteiger partial charge in [-0.05, 0) is 48.7 Å². The molecule has 4 rings (SSSR count). The van der Waals surface area contributed by atoms with Crippen LogP contribution in [0.4, 0.5) is 0 Å². The van der Waals surface area contributed by atoms with Crippen molar-refractivity contribution in [1.29, 1.82) is 0 Å². The van der Waals surface area contributed by atoms with E-state index in [1.165, 1.54) is 11.3 Å². The molecule has 4 radical (unpaired) electrons. The second kappa shape index (κ2) is 7.65. The van der Waals surface area contributed by atoms with Crippen LogP contribution in [0.15, 0.2) is 24.4 Å². The van der Waals surface area contributed by atoms with Gasteiger partial charge in [-0.3, -0.25) is 4.98 Å². The van der Waals surface area contributed by atoms with E-state index in [0.717, 1.165) is 37.6 Å². The minimum Gasteiger partial charge on any atom is -0.496 e. The van der Waals surface area contributed by atoms with Crippen LogP contribution in [0.25, 0.3) is 31.8 Å². The van der Waals surface area contributed by atoms with Crippen molar-refractivity contribution in [2.75, 3.05) is 14.2 Å². The topological polar surface area (TPSA) is 77.4 Å². The first kappa shape index (κ1) is 20.8. The molecule has 0 aliphatic heterocycles. The molecule has 6 nitrogen and oxygen atoms in total. The van der Waals surface area contributed by atoms with Crippen molar-refractivity contribution >= 4 is 48.3 Å². The zero-order chi connectivity index (χ0) is 21.6. The summed E-state index contributed by atoms with van der Waals surface area (Å²) >= 11 is 1.45. The Kier molecular flexibility index (Phi) is 5.30. The molecule has 0 atom stereocenters. The first-order valence-corrected chi connectivity index (χ1v) is 10.1. The average Bonchev–Trinajstić information content (AvgIpc) is 3.08. The third-order valence-electron chi connectivity index (χ3n) is 4.88. The van der Waals surface area contributed by atoms with Crippen LogP contribution in [-0.4, -0.2) is 50.0 Å². The highest BCUT2D eigenvalue weighted by Crippen LogP contribution is 2.41. The van der Waals surface area contributed by atoms with E-state index >= 15 is 0 Å². The quantitative estimate of drug-likeness (QED) is 0.505. The second-order valence-electron chi connectivity index (χ2n) is 7.24. The van der Waals surface area contributed by atoms with Crippen LogP contribution >= 0.6 is 11.3 Å². The third kappa shape index (κ3) is 3.57. The Balaban J connectivity index is 1.99. The van der Waals surface area contributed by atoms with Crippen LogP contribution in [0.1, 0.15) is 22.4 Å². The maximum atomic E-state index is 10.4. The van der Waals surface area contributed by atoms with Gasteiger partial charge in [0.1, 0.15) is 26.4 Å². The van der Waals surface area contributed by atoms with Gasteiger partial charge in [0, 0.05) is 18.1 Å². The number of nitrogens with zero attached hydrogens (tertiary/aromatic N) is 3. The fourth-order valence-corrected chi connectivity index (χ4v) is 4.66. The molecule has 2 aromatic heterocycles. The van der Waals surface area contributed by atoms with Gasteiger partial charge in [-0.2, -0.15) is 0 Å². The van der Waals surface area contributed by atoms with Crippen molar-refractivity contribution in [1.82, 2.24) is 15.0 Å². The van der Waals surface area contributed by atoms with Gasteiger partial charge in [0.15, 0.2) is 0 Å². The lowest BCUT2D eigenvalue weighted by Crippen LogP contribution is -2.27. The van der Waals surface area contributed by atoms with E-state index < -0.39 is 5.40 Å². The summed E-state index contributed by atoms with van der Waals surface area (Å²) in [6.07, 6.45) is 1.70. The van der Waals surface area contributed by atoms with Gasteiger partial charge in [-0.15, -0.1) is 11.3 Å². The van der Waals surface area contributed by atoms with Crippen LogP contribution in [-0.2, 0) is 16.7 Å². The minimum atomic E-state index is -2.05. The third-order valence-corrected chi connectivity index (χ3v) is 5.92. The predicted octanol–water partition coefficient (Wildman–Crippen LogP) is 3.12. The first-order chi connectivity index (χ1) is 14.2. The van der Waals surface area contributed by atoms with E-state index in [4.69, 9.17) is 30.2 Å². The van der Waals surface area contributed by atoms with E-state index in [9.17, 15) is 5.11 Å². The molecule has 0 spiro atoms. The molecule has 0 bridgehead atoms. The number of rotatable bonds is 5. The normalized spacial score (nSPS) is 12.0. The molecule has 0 amide bonds. The van der Waals surface area contributed by atoms with Crippen molar-refractivity contribution in [3.63, 3.8) is 0 Å². The molecule has 2 aromatic carbocycles. The Bertz CT molecular complexity index is 1270. The molecule has 1 N–H and O–H groups in total. The fourth-order valence-electron chi connectivity index (χ4n) is 3.64. The number of ether oxygens (including phenoxy) is 2. The molecule has 4 aromatic rings. The van der Waals surface area contributed by atoms with Crippen molar-refractivity contribution in [2.24, 2.45) is 0 Å².